The second-order valence-corrected chi connectivity index (χ2v) is 19.1. The van der Waals surface area contributed by atoms with Crippen LogP contribution in [0.2, 0.25) is 5.02 Å². The van der Waals surface area contributed by atoms with Crippen LogP contribution >= 0.6 is 11.6 Å². The monoisotopic (exact) mass is 1110 g/mol. The Hall–Kier alpha value is -5.57. The molecule has 10 rings (SSSR count). The summed E-state index contributed by atoms with van der Waals surface area (Å²) in [6.45, 7) is 9.55. The third kappa shape index (κ3) is 23.9. The van der Waals surface area contributed by atoms with Gasteiger partial charge in [-0.05, 0) is 215 Å². The van der Waals surface area contributed by atoms with Gasteiger partial charge in [-0.2, -0.15) is 13.2 Å². The van der Waals surface area contributed by atoms with Crippen molar-refractivity contribution in [1.82, 2.24) is 26.6 Å². The molecule has 422 valence electrons. The molecule has 20 heteroatoms. The predicted molar refractivity (Wildman–Crippen MR) is 281 cm³/mol. The molecule has 5 aliphatic rings. The van der Waals surface area contributed by atoms with Crippen LogP contribution in [0.4, 0.5) is 35.1 Å². The molecule has 0 saturated carbocycles. The van der Waals surface area contributed by atoms with Crippen molar-refractivity contribution in [2.45, 2.75) is 107 Å². The summed E-state index contributed by atoms with van der Waals surface area (Å²) in [4.78, 5) is 0. The molecule has 5 N–H and O–H groups in total. The molecule has 0 unspecified atom stereocenters. The molecule has 5 saturated heterocycles. The number of benzene rings is 5. The van der Waals surface area contributed by atoms with Gasteiger partial charge in [-0.3, -0.25) is 0 Å². The maximum Gasteiger partial charge on any atom is 0.573 e. The first-order valence-corrected chi connectivity index (χ1v) is 26.7. The molecule has 5 aliphatic heterocycles. The molecule has 5 aromatic carbocycles. The quantitative estimate of drug-likeness (QED) is 0.0815. The second-order valence-electron chi connectivity index (χ2n) is 18.7. The zero-order valence-electron chi connectivity index (χ0n) is 42.9. The highest BCUT2D eigenvalue weighted by molar-refractivity contribution is 6.32. The van der Waals surface area contributed by atoms with Crippen LogP contribution in [-0.4, -0.2) is 102 Å². The lowest BCUT2D eigenvalue weighted by molar-refractivity contribution is -0.274. The van der Waals surface area contributed by atoms with Gasteiger partial charge in [0.2, 0.25) is 0 Å². The minimum Gasteiger partial charge on any atom is -0.490 e. The van der Waals surface area contributed by atoms with Crippen molar-refractivity contribution < 1.29 is 63.5 Å². The summed E-state index contributed by atoms with van der Waals surface area (Å²) >= 11 is 6.00. The Kier molecular flexibility index (Phi) is 25.5. The van der Waals surface area contributed by atoms with Crippen LogP contribution in [0.3, 0.4) is 0 Å². The van der Waals surface area contributed by atoms with Crippen LogP contribution in [0, 0.1) is 11.6 Å². The summed E-state index contributed by atoms with van der Waals surface area (Å²) in [5.41, 5.74) is -0.643. The zero-order chi connectivity index (χ0) is 54.7. The molecule has 0 radical (unpaired) electrons. The molecule has 0 amide bonds. The smallest absolute Gasteiger partial charge is 0.490 e. The van der Waals surface area contributed by atoms with Gasteiger partial charge in [-0.25, -0.2) is 8.78 Å². The topological polar surface area (TPSA) is 116 Å². The Morgan fingerprint density at radius 2 is 0.740 bits per heavy atom. The second kappa shape index (κ2) is 32.4. The molecular formula is C57H70ClF8N5O6. The fraction of sp³-hybridized carbons (Fsp3) is 0.474. The van der Waals surface area contributed by atoms with Crippen molar-refractivity contribution in [3.63, 3.8) is 0 Å². The van der Waals surface area contributed by atoms with Crippen molar-refractivity contribution in [3.05, 3.63) is 144 Å². The van der Waals surface area contributed by atoms with E-state index in [1.165, 1.54) is 54.6 Å². The van der Waals surface area contributed by atoms with Gasteiger partial charge in [-0.15, -0.1) is 13.2 Å². The predicted octanol–water partition coefficient (Wildman–Crippen LogP) is 11.9. The summed E-state index contributed by atoms with van der Waals surface area (Å²) in [5, 5.41) is 16.9. The summed E-state index contributed by atoms with van der Waals surface area (Å²) in [5.74, 6) is 2.14. The van der Waals surface area contributed by atoms with Gasteiger partial charge in [0.15, 0.2) is 11.6 Å². The Morgan fingerprint density at radius 1 is 0.377 bits per heavy atom. The van der Waals surface area contributed by atoms with Gasteiger partial charge in [0.25, 0.3) is 0 Å². The highest BCUT2D eigenvalue weighted by Gasteiger charge is 2.32. The van der Waals surface area contributed by atoms with E-state index in [1.807, 2.05) is 24.3 Å². The number of hydrogen-bond acceptors (Lipinski definition) is 11. The Labute approximate surface area is 451 Å². The average molecular weight is 1110 g/mol. The van der Waals surface area contributed by atoms with Crippen LogP contribution in [0.25, 0.3) is 0 Å². The van der Waals surface area contributed by atoms with Crippen molar-refractivity contribution in [2.24, 2.45) is 0 Å². The van der Waals surface area contributed by atoms with Crippen LogP contribution in [0.1, 0.15) is 69.8 Å². The summed E-state index contributed by atoms with van der Waals surface area (Å²) in [6.07, 6.45) is 1.61. The largest absolute Gasteiger partial charge is 0.573 e. The minimum absolute atomic E-state index is 0.105. The van der Waals surface area contributed by atoms with E-state index in [9.17, 15) is 35.1 Å². The SMILES string of the molecule is Clc1ccccc1OC1CCNCC1.FC(F)(F)Oc1ccc(OC2CCNCC2)cc1.FC(F)(F)c1ccc(OC2CCNCC2)cc1.Fc1cccc(OC2CCNCC2)c1.Fc1ccccc1OC1CCNCC1. The molecule has 0 bridgehead atoms. The van der Waals surface area contributed by atoms with Crippen LogP contribution < -0.4 is 55.0 Å². The van der Waals surface area contributed by atoms with Gasteiger partial charge in [0, 0.05) is 6.07 Å². The Morgan fingerprint density at radius 3 is 1.14 bits per heavy atom. The minimum atomic E-state index is -4.66. The van der Waals surface area contributed by atoms with Crippen LogP contribution in [-0.2, 0) is 6.18 Å². The Balaban J connectivity index is 0.000000157. The maximum absolute atomic E-state index is 13.2. The summed E-state index contributed by atoms with van der Waals surface area (Å²) in [7, 11) is 0. The van der Waals surface area contributed by atoms with Crippen molar-refractivity contribution in [3.8, 4) is 34.5 Å². The summed E-state index contributed by atoms with van der Waals surface area (Å²) < 4.78 is 131. The average Bonchev–Trinajstić information content (AvgIpc) is 3.43. The first kappa shape index (κ1) is 60.7. The molecular weight excluding hydrogens is 1040 g/mol. The number of halogens is 9. The zero-order valence-corrected chi connectivity index (χ0v) is 43.7. The van der Waals surface area contributed by atoms with E-state index < -0.39 is 18.1 Å². The first-order valence-electron chi connectivity index (χ1n) is 26.3. The van der Waals surface area contributed by atoms with E-state index in [0.717, 1.165) is 148 Å². The number of rotatable bonds is 11. The highest BCUT2D eigenvalue weighted by atomic mass is 35.5. The summed E-state index contributed by atoms with van der Waals surface area (Å²) in [6, 6.07) is 30.9. The number of nitrogens with one attached hydrogen (secondary N) is 5. The lowest BCUT2D eigenvalue weighted by Crippen LogP contribution is -2.34. The molecule has 5 aromatic rings. The van der Waals surface area contributed by atoms with Crippen molar-refractivity contribution in [2.75, 3.05) is 65.4 Å². The fourth-order valence-electron chi connectivity index (χ4n) is 8.57. The fourth-order valence-corrected chi connectivity index (χ4v) is 8.75. The van der Waals surface area contributed by atoms with Gasteiger partial charge in [0.05, 0.1) is 10.6 Å². The van der Waals surface area contributed by atoms with Crippen LogP contribution in [0.5, 0.6) is 34.5 Å². The number of piperidine rings is 5. The first-order chi connectivity index (χ1) is 37.1. The maximum atomic E-state index is 13.2. The van der Waals surface area contributed by atoms with E-state index in [0.29, 0.717) is 34.1 Å². The van der Waals surface area contributed by atoms with Crippen molar-refractivity contribution >= 4 is 11.6 Å². The van der Waals surface area contributed by atoms with E-state index >= 15 is 0 Å². The third-order valence-electron chi connectivity index (χ3n) is 12.6. The molecule has 11 nitrogen and oxygen atoms in total. The molecule has 0 spiro atoms. The van der Waals surface area contributed by atoms with E-state index in [-0.39, 0.29) is 41.8 Å². The number of ether oxygens (including phenoxy) is 6. The number of hydrogen-bond donors (Lipinski definition) is 5. The van der Waals surface area contributed by atoms with Gasteiger partial charge in [0.1, 0.15) is 65.1 Å². The van der Waals surface area contributed by atoms with E-state index in [2.05, 4.69) is 31.3 Å². The van der Waals surface area contributed by atoms with E-state index in [1.54, 1.807) is 30.3 Å². The number of para-hydroxylation sites is 2. The molecule has 5 fully saturated rings. The van der Waals surface area contributed by atoms with Gasteiger partial charge >= 0.3 is 12.5 Å². The standard InChI is InChI=1S/C12H14F3NO2.C12H14F3NO.C11H14ClNO.2C11H14FNO/c13-12(14,15)18-11-3-1-9(2-4-11)17-10-5-7-16-8-6-10;13-12(14,15)9-1-3-10(4-2-9)17-11-5-7-16-8-6-11;12-10-3-1-2-4-11(10)14-9-5-7-13-8-6-9;12-9-2-1-3-11(8-9)14-10-4-6-13-7-5-10;12-10-3-1-2-4-11(10)14-9-5-7-13-8-6-9/h1-4,10,16H,5-8H2;1-4,11,16H,5-8H2;1-4,9,13H,5-8H2;1-3,8,10,13H,4-7H2;1-4,9,13H,5-8H2. The van der Waals surface area contributed by atoms with Crippen LogP contribution in [0.15, 0.2) is 121 Å². The number of alkyl halides is 6. The normalized spacial score (nSPS) is 17.9. The Bertz CT molecular complexity index is 2340. The molecule has 0 atom stereocenters. The highest BCUT2D eigenvalue weighted by Crippen LogP contribution is 2.31. The van der Waals surface area contributed by atoms with Crippen molar-refractivity contribution in [1.29, 1.82) is 0 Å². The molecule has 0 aliphatic carbocycles. The lowest BCUT2D eigenvalue weighted by atomic mass is 10.1. The molecule has 0 aromatic heterocycles. The third-order valence-corrected chi connectivity index (χ3v) is 12.9. The van der Waals surface area contributed by atoms with Gasteiger partial charge in [-0.1, -0.05) is 41.9 Å². The van der Waals surface area contributed by atoms with E-state index in [4.69, 9.17) is 35.3 Å². The van der Waals surface area contributed by atoms with Gasteiger partial charge < -0.3 is 55.0 Å². The molecule has 77 heavy (non-hydrogen) atoms. The lowest BCUT2D eigenvalue weighted by Gasteiger charge is -2.24. The molecule has 5 heterocycles.